The zero-order valence-electron chi connectivity index (χ0n) is 15.3. The first-order chi connectivity index (χ1) is 13.1. The zero-order chi connectivity index (χ0) is 19.2. The highest BCUT2D eigenvalue weighted by atomic mass is 35.5. The lowest BCUT2D eigenvalue weighted by molar-refractivity contribution is -0.136. The summed E-state index contributed by atoms with van der Waals surface area (Å²) in [6.45, 7) is 2.75. The molecule has 0 radical (unpaired) electrons. The SMILES string of the molecule is CCCCCC(=O)N1CCCC1C(=O)Nc1nnc(-c2cccc(Cl)c2)s1. The lowest BCUT2D eigenvalue weighted by Gasteiger charge is -2.23. The minimum Gasteiger partial charge on any atom is -0.331 e. The average Bonchev–Trinajstić information content (AvgIpc) is 3.31. The van der Waals surface area contributed by atoms with Gasteiger partial charge in [0.15, 0.2) is 0 Å². The second kappa shape index (κ2) is 9.28. The van der Waals surface area contributed by atoms with Gasteiger partial charge < -0.3 is 4.90 Å². The smallest absolute Gasteiger partial charge is 0.249 e. The van der Waals surface area contributed by atoms with Gasteiger partial charge in [-0.25, -0.2) is 0 Å². The molecule has 1 unspecified atom stereocenters. The van der Waals surface area contributed by atoms with Crippen molar-refractivity contribution in [3.8, 4) is 10.6 Å². The standard InChI is InChI=1S/C19H23ClN4O2S/c1-2-3-4-10-16(25)24-11-6-9-15(24)17(26)21-19-23-22-18(27-19)13-7-5-8-14(20)12-13/h5,7-8,12,15H,2-4,6,9-11H2,1H3,(H,21,23,26). The topological polar surface area (TPSA) is 75.2 Å². The molecule has 1 atom stereocenters. The van der Waals surface area contributed by atoms with E-state index in [-0.39, 0.29) is 11.8 Å². The average molecular weight is 407 g/mol. The Labute approximate surface area is 167 Å². The van der Waals surface area contributed by atoms with Crippen LogP contribution in [0.15, 0.2) is 24.3 Å². The summed E-state index contributed by atoms with van der Waals surface area (Å²) in [4.78, 5) is 26.8. The summed E-state index contributed by atoms with van der Waals surface area (Å²) >= 11 is 7.30. The van der Waals surface area contributed by atoms with Crippen molar-refractivity contribution in [1.82, 2.24) is 15.1 Å². The van der Waals surface area contributed by atoms with Crippen LogP contribution in [0.25, 0.3) is 10.6 Å². The molecular formula is C19H23ClN4O2S. The summed E-state index contributed by atoms with van der Waals surface area (Å²) < 4.78 is 0. The highest BCUT2D eigenvalue weighted by Crippen LogP contribution is 2.29. The van der Waals surface area contributed by atoms with Gasteiger partial charge in [-0.2, -0.15) is 0 Å². The van der Waals surface area contributed by atoms with E-state index in [1.807, 2.05) is 12.1 Å². The van der Waals surface area contributed by atoms with Gasteiger partial charge >= 0.3 is 0 Å². The lowest BCUT2D eigenvalue weighted by Crippen LogP contribution is -2.43. The molecule has 0 saturated carbocycles. The van der Waals surface area contributed by atoms with E-state index in [4.69, 9.17) is 11.6 Å². The maximum absolute atomic E-state index is 12.7. The molecule has 0 aliphatic carbocycles. The fourth-order valence-corrected chi connectivity index (χ4v) is 4.14. The van der Waals surface area contributed by atoms with Crippen LogP contribution >= 0.6 is 22.9 Å². The first-order valence-corrected chi connectivity index (χ1v) is 10.5. The first kappa shape index (κ1) is 19.8. The third-order valence-corrected chi connectivity index (χ3v) is 5.72. The molecule has 1 aliphatic heterocycles. The van der Waals surface area contributed by atoms with Crippen molar-refractivity contribution in [2.75, 3.05) is 11.9 Å². The summed E-state index contributed by atoms with van der Waals surface area (Å²) in [7, 11) is 0. The molecule has 1 aromatic heterocycles. The third kappa shape index (κ3) is 5.05. The Kier molecular flexibility index (Phi) is 6.79. The number of hydrogen-bond acceptors (Lipinski definition) is 5. The van der Waals surface area contributed by atoms with E-state index in [1.165, 1.54) is 11.3 Å². The van der Waals surface area contributed by atoms with E-state index < -0.39 is 6.04 Å². The Hall–Kier alpha value is -1.99. The van der Waals surface area contributed by atoms with Crippen molar-refractivity contribution in [1.29, 1.82) is 0 Å². The summed E-state index contributed by atoms with van der Waals surface area (Å²) in [5.41, 5.74) is 0.856. The predicted octanol–water partition coefficient (Wildman–Crippen LogP) is 4.37. The van der Waals surface area contributed by atoms with Crippen molar-refractivity contribution in [3.63, 3.8) is 0 Å². The predicted molar refractivity (Wildman–Crippen MR) is 108 cm³/mol. The fraction of sp³-hybridized carbons (Fsp3) is 0.474. The Balaban J connectivity index is 1.62. The van der Waals surface area contributed by atoms with Crippen LogP contribution in [0.1, 0.15) is 45.4 Å². The molecule has 0 spiro atoms. The summed E-state index contributed by atoms with van der Waals surface area (Å²) in [6, 6.07) is 6.92. The van der Waals surface area contributed by atoms with Crippen molar-refractivity contribution in [2.24, 2.45) is 0 Å². The number of unbranched alkanes of at least 4 members (excludes halogenated alkanes) is 2. The van der Waals surface area contributed by atoms with Gasteiger partial charge in [0.2, 0.25) is 16.9 Å². The number of halogens is 1. The quantitative estimate of drug-likeness (QED) is 0.693. The van der Waals surface area contributed by atoms with Crippen LogP contribution in [0, 0.1) is 0 Å². The van der Waals surface area contributed by atoms with Gasteiger partial charge in [-0.1, -0.05) is 54.8 Å². The molecule has 1 fully saturated rings. The first-order valence-electron chi connectivity index (χ1n) is 9.28. The van der Waals surface area contributed by atoms with Gasteiger partial charge in [0.05, 0.1) is 0 Å². The van der Waals surface area contributed by atoms with E-state index in [9.17, 15) is 9.59 Å². The molecule has 27 heavy (non-hydrogen) atoms. The van der Waals surface area contributed by atoms with Gasteiger partial charge in [0.25, 0.3) is 0 Å². The second-order valence-electron chi connectivity index (χ2n) is 6.61. The molecule has 1 aliphatic rings. The molecule has 8 heteroatoms. The Morgan fingerprint density at radius 2 is 2.19 bits per heavy atom. The van der Waals surface area contributed by atoms with Crippen LogP contribution in [0.5, 0.6) is 0 Å². The van der Waals surface area contributed by atoms with Crippen LogP contribution < -0.4 is 5.32 Å². The number of aromatic nitrogens is 2. The molecule has 6 nitrogen and oxygen atoms in total. The lowest BCUT2D eigenvalue weighted by atomic mass is 10.1. The van der Waals surface area contributed by atoms with E-state index in [2.05, 4.69) is 22.4 Å². The molecule has 144 valence electrons. The van der Waals surface area contributed by atoms with Gasteiger partial charge in [-0.3, -0.25) is 14.9 Å². The largest absolute Gasteiger partial charge is 0.331 e. The Morgan fingerprint density at radius 3 is 2.96 bits per heavy atom. The maximum atomic E-state index is 12.7. The van der Waals surface area contributed by atoms with Crippen molar-refractivity contribution in [3.05, 3.63) is 29.3 Å². The van der Waals surface area contributed by atoms with E-state index in [1.54, 1.807) is 17.0 Å². The van der Waals surface area contributed by atoms with Gasteiger partial charge in [-0.15, -0.1) is 10.2 Å². The Morgan fingerprint density at radius 1 is 1.33 bits per heavy atom. The van der Waals surface area contributed by atoms with E-state index in [0.29, 0.717) is 34.5 Å². The fourth-order valence-electron chi connectivity index (χ4n) is 3.21. The molecule has 2 amide bonds. The summed E-state index contributed by atoms with van der Waals surface area (Å²) in [5, 5.41) is 12.7. The van der Waals surface area contributed by atoms with Crippen molar-refractivity contribution < 1.29 is 9.59 Å². The molecular weight excluding hydrogens is 384 g/mol. The minimum atomic E-state index is -0.419. The van der Waals surface area contributed by atoms with Crippen LogP contribution in [-0.4, -0.2) is 39.5 Å². The van der Waals surface area contributed by atoms with Gasteiger partial charge in [0.1, 0.15) is 11.0 Å². The number of likely N-dealkylation sites (tertiary alicyclic amines) is 1. The minimum absolute atomic E-state index is 0.0676. The number of nitrogens with one attached hydrogen (secondary N) is 1. The Bertz CT molecular complexity index is 811. The van der Waals surface area contributed by atoms with E-state index in [0.717, 1.165) is 31.2 Å². The number of anilines is 1. The highest BCUT2D eigenvalue weighted by molar-refractivity contribution is 7.18. The number of nitrogens with zero attached hydrogens (tertiary/aromatic N) is 3. The van der Waals surface area contributed by atoms with Crippen LogP contribution in [0.2, 0.25) is 5.02 Å². The van der Waals surface area contributed by atoms with Crippen LogP contribution in [-0.2, 0) is 9.59 Å². The molecule has 3 rings (SSSR count). The maximum Gasteiger partial charge on any atom is 0.249 e. The normalized spacial score (nSPS) is 16.5. The molecule has 1 saturated heterocycles. The van der Waals surface area contributed by atoms with Crippen molar-refractivity contribution >= 4 is 39.9 Å². The highest BCUT2D eigenvalue weighted by Gasteiger charge is 2.34. The van der Waals surface area contributed by atoms with Gasteiger partial charge in [0, 0.05) is 23.6 Å². The third-order valence-electron chi connectivity index (χ3n) is 4.60. The van der Waals surface area contributed by atoms with Crippen LogP contribution in [0.4, 0.5) is 5.13 Å². The van der Waals surface area contributed by atoms with Gasteiger partial charge in [-0.05, 0) is 31.4 Å². The zero-order valence-corrected chi connectivity index (χ0v) is 16.9. The second-order valence-corrected chi connectivity index (χ2v) is 8.03. The van der Waals surface area contributed by atoms with Crippen LogP contribution in [0.3, 0.4) is 0 Å². The number of rotatable bonds is 7. The molecule has 0 bridgehead atoms. The molecule has 2 heterocycles. The van der Waals surface area contributed by atoms with E-state index >= 15 is 0 Å². The number of carbonyl (C=O) groups excluding carboxylic acids is 2. The summed E-state index contributed by atoms with van der Waals surface area (Å²) in [5.74, 6) is -0.122. The molecule has 1 aromatic carbocycles. The van der Waals surface area contributed by atoms with Crippen molar-refractivity contribution in [2.45, 2.75) is 51.5 Å². The molecule has 2 aromatic rings. The summed E-state index contributed by atoms with van der Waals surface area (Å²) in [6.07, 6.45) is 5.03. The molecule has 1 N–H and O–H groups in total. The monoisotopic (exact) mass is 406 g/mol. The number of amides is 2. The number of hydrogen-bond donors (Lipinski definition) is 1. The number of benzene rings is 1. The number of carbonyl (C=O) groups is 2.